The van der Waals surface area contributed by atoms with Crippen molar-refractivity contribution in [1.82, 2.24) is 4.57 Å². The van der Waals surface area contributed by atoms with Crippen LogP contribution in [0.4, 0.5) is 13.2 Å². The van der Waals surface area contributed by atoms with Crippen LogP contribution in [0.15, 0.2) is 53.5 Å². The van der Waals surface area contributed by atoms with Crippen LogP contribution in [-0.2, 0) is 23.6 Å². The predicted octanol–water partition coefficient (Wildman–Crippen LogP) is 3.20. The van der Waals surface area contributed by atoms with Gasteiger partial charge in [0, 0.05) is 52.6 Å². The first-order valence-corrected chi connectivity index (χ1v) is 10.1. The van der Waals surface area contributed by atoms with Crippen molar-refractivity contribution in [3.63, 3.8) is 0 Å². The second kappa shape index (κ2) is 8.79. The number of nitrogens with zero attached hydrogens (tertiary/aromatic N) is 1. The van der Waals surface area contributed by atoms with Crippen LogP contribution in [0.5, 0.6) is 5.75 Å². The maximum Gasteiger partial charge on any atom is 0.422 e. The van der Waals surface area contributed by atoms with Crippen LogP contribution >= 0.6 is 0 Å². The summed E-state index contributed by atoms with van der Waals surface area (Å²) in [6, 6.07) is 11.6. The molecule has 1 aromatic heterocycles. The number of ether oxygens (including phenoxy) is 1. The Labute approximate surface area is 167 Å². The fourth-order valence-electron chi connectivity index (χ4n) is 3.03. The molecule has 0 fully saturated rings. The Balaban J connectivity index is 0.00000300. The molecule has 0 bridgehead atoms. The van der Waals surface area contributed by atoms with Crippen LogP contribution in [0.1, 0.15) is 5.56 Å². The van der Waals surface area contributed by atoms with Crippen LogP contribution < -0.4 is 10.3 Å². The van der Waals surface area contributed by atoms with Gasteiger partial charge in [-0.25, -0.2) is 0 Å². The first kappa shape index (κ1) is 22.6. The van der Waals surface area contributed by atoms with Crippen molar-refractivity contribution in [3.8, 4) is 16.9 Å². The van der Waals surface area contributed by atoms with Gasteiger partial charge in [0.05, 0.1) is 0 Å². The molecule has 3 aromatic rings. The van der Waals surface area contributed by atoms with Gasteiger partial charge in [-0.05, 0) is 29.1 Å². The molecule has 1 atom stereocenters. The summed E-state index contributed by atoms with van der Waals surface area (Å²) in [5.41, 5.74) is 1.48. The molecule has 0 radical (unpaired) electrons. The van der Waals surface area contributed by atoms with Gasteiger partial charge >= 0.3 is 6.18 Å². The van der Waals surface area contributed by atoms with Gasteiger partial charge in [-0.15, -0.1) is 0 Å². The van der Waals surface area contributed by atoms with Crippen LogP contribution in [0, 0.1) is 0 Å². The molecule has 0 saturated heterocycles. The predicted molar refractivity (Wildman–Crippen MR) is 108 cm³/mol. The Morgan fingerprint density at radius 3 is 2.34 bits per heavy atom. The minimum absolute atomic E-state index is 0. The largest absolute Gasteiger partial charge is 0.483 e. The number of hydrogen-bond acceptors (Lipinski definition) is 3. The number of halogens is 3. The summed E-state index contributed by atoms with van der Waals surface area (Å²) in [6.07, 6.45) is -1.35. The van der Waals surface area contributed by atoms with Crippen molar-refractivity contribution in [2.75, 3.05) is 12.9 Å². The van der Waals surface area contributed by atoms with E-state index in [1.165, 1.54) is 10.6 Å². The van der Waals surface area contributed by atoms with Gasteiger partial charge in [0.1, 0.15) is 5.75 Å². The number of fused-ring (bicyclic) bond motifs is 1. The van der Waals surface area contributed by atoms with Crippen LogP contribution in [0.3, 0.4) is 0 Å². The molecule has 9 heteroatoms. The average Bonchev–Trinajstić information content (AvgIpc) is 2.62. The first-order valence-electron chi connectivity index (χ1n) is 8.37. The normalized spacial score (nSPS) is 12.4. The number of pyridine rings is 1. The molecule has 0 aliphatic rings. The third-order valence-electron chi connectivity index (χ3n) is 4.19. The van der Waals surface area contributed by atoms with Crippen LogP contribution in [-0.4, -0.2) is 33.3 Å². The standard InChI is InChI=1S/C20H18F3NO3S.H2O/c1-24-10-17(14-5-3-4-6-15(14)19(24)25)16-9-13(11-28(2)26)7-8-18(16)27-12-20(21,22)23;/h3-10H,11-12H2,1-2H3;1H2. The highest BCUT2D eigenvalue weighted by atomic mass is 32.2. The zero-order chi connectivity index (χ0) is 20.5. The van der Waals surface area contributed by atoms with Crippen molar-refractivity contribution < 1.29 is 27.6 Å². The Bertz CT molecular complexity index is 1110. The number of aromatic nitrogens is 1. The molecule has 29 heavy (non-hydrogen) atoms. The molecule has 2 N–H and O–H groups in total. The van der Waals surface area contributed by atoms with Crippen molar-refractivity contribution in [3.05, 3.63) is 64.6 Å². The quantitative estimate of drug-likeness (QED) is 0.627. The lowest BCUT2D eigenvalue weighted by atomic mass is 9.98. The summed E-state index contributed by atoms with van der Waals surface area (Å²) < 4.78 is 56.1. The molecule has 1 unspecified atom stereocenters. The highest BCUT2D eigenvalue weighted by Gasteiger charge is 2.29. The van der Waals surface area contributed by atoms with E-state index in [2.05, 4.69) is 0 Å². The maximum absolute atomic E-state index is 12.7. The summed E-state index contributed by atoms with van der Waals surface area (Å²) in [4.78, 5) is 12.4. The fraction of sp³-hybridized carbons (Fsp3) is 0.250. The maximum atomic E-state index is 12.7. The second-order valence-electron chi connectivity index (χ2n) is 6.46. The number of rotatable bonds is 5. The third-order valence-corrected chi connectivity index (χ3v) is 4.93. The minimum atomic E-state index is -4.48. The van der Waals surface area contributed by atoms with Gasteiger partial charge in [-0.2, -0.15) is 13.2 Å². The second-order valence-corrected chi connectivity index (χ2v) is 7.89. The van der Waals surface area contributed by atoms with E-state index < -0.39 is 23.6 Å². The van der Waals surface area contributed by atoms with Gasteiger partial charge in [0.15, 0.2) is 6.61 Å². The molecular formula is C20H20F3NO4S. The SMILES string of the molecule is Cn1cc(-c2cc(CS(C)=O)ccc2OCC(F)(F)F)c2ccccc2c1=O.O. The molecule has 2 aromatic carbocycles. The fourth-order valence-corrected chi connectivity index (χ4v) is 3.68. The molecule has 5 nitrogen and oxygen atoms in total. The van der Waals surface area contributed by atoms with Gasteiger partial charge in [-0.3, -0.25) is 9.00 Å². The smallest absolute Gasteiger partial charge is 0.422 e. The lowest BCUT2D eigenvalue weighted by Crippen LogP contribution is -2.20. The topological polar surface area (TPSA) is 79.8 Å². The lowest BCUT2D eigenvalue weighted by molar-refractivity contribution is -0.153. The molecule has 0 aliphatic heterocycles. The van der Waals surface area contributed by atoms with E-state index >= 15 is 0 Å². The zero-order valence-electron chi connectivity index (χ0n) is 15.7. The molecule has 0 amide bonds. The van der Waals surface area contributed by atoms with Crippen molar-refractivity contribution in [2.24, 2.45) is 7.05 Å². The summed E-state index contributed by atoms with van der Waals surface area (Å²) in [5, 5.41) is 1.06. The van der Waals surface area contributed by atoms with Gasteiger partial charge in [0.25, 0.3) is 5.56 Å². The summed E-state index contributed by atoms with van der Waals surface area (Å²) in [5.74, 6) is 0.308. The average molecular weight is 427 g/mol. The van der Waals surface area contributed by atoms with Crippen molar-refractivity contribution >= 4 is 21.6 Å². The molecular weight excluding hydrogens is 407 g/mol. The Morgan fingerprint density at radius 2 is 1.72 bits per heavy atom. The van der Waals surface area contributed by atoms with E-state index in [0.717, 1.165) is 0 Å². The van der Waals surface area contributed by atoms with E-state index in [0.29, 0.717) is 27.5 Å². The van der Waals surface area contributed by atoms with Crippen LogP contribution in [0.25, 0.3) is 21.9 Å². The molecule has 1 heterocycles. The summed E-state index contributed by atoms with van der Waals surface area (Å²) in [7, 11) is 0.466. The molecule has 0 aliphatic carbocycles. The van der Waals surface area contributed by atoms with Gasteiger partial charge < -0.3 is 14.8 Å². The van der Waals surface area contributed by atoms with E-state index in [1.807, 2.05) is 0 Å². The van der Waals surface area contributed by atoms with Crippen molar-refractivity contribution in [1.29, 1.82) is 0 Å². The lowest BCUT2D eigenvalue weighted by Gasteiger charge is -2.17. The number of benzene rings is 2. The van der Waals surface area contributed by atoms with Gasteiger partial charge in [0.2, 0.25) is 0 Å². The first-order chi connectivity index (χ1) is 13.2. The number of alkyl halides is 3. The highest BCUT2D eigenvalue weighted by Crippen LogP contribution is 2.36. The Morgan fingerprint density at radius 1 is 1.07 bits per heavy atom. The minimum Gasteiger partial charge on any atom is -0.483 e. The third kappa shape index (κ3) is 5.24. The monoisotopic (exact) mass is 427 g/mol. The van der Waals surface area contributed by atoms with Gasteiger partial charge in [-0.1, -0.05) is 24.3 Å². The summed E-state index contributed by atoms with van der Waals surface area (Å²) >= 11 is 0. The van der Waals surface area contributed by atoms with E-state index in [-0.39, 0.29) is 22.5 Å². The molecule has 0 spiro atoms. The molecule has 0 saturated carbocycles. The zero-order valence-corrected chi connectivity index (χ0v) is 16.6. The van der Waals surface area contributed by atoms with Crippen LogP contribution in [0.2, 0.25) is 0 Å². The summed E-state index contributed by atoms with van der Waals surface area (Å²) in [6.45, 7) is -1.43. The van der Waals surface area contributed by atoms with E-state index in [1.54, 1.807) is 55.9 Å². The van der Waals surface area contributed by atoms with Crippen molar-refractivity contribution in [2.45, 2.75) is 11.9 Å². The molecule has 156 valence electrons. The number of aryl methyl sites for hydroxylation is 1. The van der Waals surface area contributed by atoms with E-state index in [9.17, 15) is 22.2 Å². The molecule has 3 rings (SSSR count). The number of hydrogen-bond donors (Lipinski definition) is 0. The Hall–Kier alpha value is -2.65. The van der Waals surface area contributed by atoms with E-state index in [4.69, 9.17) is 4.74 Å². The highest BCUT2D eigenvalue weighted by molar-refractivity contribution is 7.83. The Kier molecular flexibility index (Phi) is 6.86.